The van der Waals surface area contributed by atoms with Crippen molar-refractivity contribution in [3.8, 4) is 0 Å². The second-order valence-electron chi connectivity index (χ2n) is 7.29. The number of rotatable bonds is 3. The maximum Gasteiger partial charge on any atom is 0.416 e. The number of carbonyl (C=O) groups is 1. The van der Waals surface area contributed by atoms with Gasteiger partial charge in [0.25, 0.3) is 0 Å². The minimum absolute atomic E-state index is 0.0507. The van der Waals surface area contributed by atoms with E-state index < -0.39 is 30.0 Å². The number of H-pyrrole nitrogens is 1. The molecular formula is C19H19F4N7O. The molecule has 2 atom stereocenters. The van der Waals surface area contributed by atoms with Crippen molar-refractivity contribution in [1.82, 2.24) is 25.1 Å². The van der Waals surface area contributed by atoms with Crippen LogP contribution in [0.1, 0.15) is 12.0 Å². The summed E-state index contributed by atoms with van der Waals surface area (Å²) in [5.74, 6) is -0.251. The highest BCUT2D eigenvalue weighted by molar-refractivity contribution is 5.88. The lowest BCUT2D eigenvalue weighted by molar-refractivity contribution is -0.137. The highest BCUT2D eigenvalue weighted by Crippen LogP contribution is 2.30. The Hall–Kier alpha value is -3.44. The number of aromatic amines is 1. The molecule has 164 valence electrons. The van der Waals surface area contributed by atoms with Gasteiger partial charge in [-0.3, -0.25) is 10.4 Å². The van der Waals surface area contributed by atoms with Crippen LogP contribution in [0.5, 0.6) is 0 Å². The van der Waals surface area contributed by atoms with E-state index in [4.69, 9.17) is 0 Å². The number of nitrogens with zero attached hydrogens (tertiary/aromatic N) is 5. The molecule has 2 amide bonds. The highest BCUT2D eigenvalue weighted by atomic mass is 19.4. The Morgan fingerprint density at radius 2 is 2.10 bits per heavy atom. The number of aromatic nitrogens is 4. The summed E-state index contributed by atoms with van der Waals surface area (Å²) in [5, 5.41) is 9.78. The number of hydrogen-bond acceptors (Lipinski definition) is 5. The molecule has 1 fully saturated rings. The molecule has 0 spiro atoms. The van der Waals surface area contributed by atoms with Gasteiger partial charge in [-0.15, -0.1) is 0 Å². The van der Waals surface area contributed by atoms with E-state index in [0.29, 0.717) is 18.6 Å². The molecule has 2 N–H and O–H groups in total. The minimum Gasteiger partial charge on any atom is -0.367 e. The molecule has 3 aromatic heterocycles. The summed E-state index contributed by atoms with van der Waals surface area (Å²) in [6.45, 7) is 0.532. The quantitative estimate of drug-likeness (QED) is 0.613. The topological polar surface area (TPSA) is 90.0 Å². The molecule has 0 unspecified atom stereocenters. The van der Waals surface area contributed by atoms with Gasteiger partial charge >= 0.3 is 12.2 Å². The number of carbonyl (C=O) groups excluding carboxylic acids is 1. The molecule has 8 nitrogen and oxygen atoms in total. The number of pyridine rings is 2. The van der Waals surface area contributed by atoms with Gasteiger partial charge in [0.15, 0.2) is 5.65 Å². The maximum atomic E-state index is 14.9. The first-order chi connectivity index (χ1) is 14.7. The summed E-state index contributed by atoms with van der Waals surface area (Å²) >= 11 is 0. The van der Waals surface area contributed by atoms with Gasteiger partial charge in [-0.2, -0.15) is 18.3 Å². The molecule has 4 rings (SSSR count). The van der Waals surface area contributed by atoms with E-state index in [2.05, 4.69) is 25.5 Å². The first kappa shape index (κ1) is 20.8. The van der Waals surface area contributed by atoms with E-state index in [1.165, 1.54) is 11.9 Å². The van der Waals surface area contributed by atoms with Crippen LogP contribution in [0.3, 0.4) is 0 Å². The molecule has 1 aliphatic rings. The molecule has 3 aromatic rings. The fraction of sp³-hybridized carbons (Fsp3) is 0.368. The molecule has 0 bridgehead atoms. The van der Waals surface area contributed by atoms with Crippen LogP contribution in [-0.4, -0.2) is 63.4 Å². The second kappa shape index (κ2) is 8.00. The predicted molar refractivity (Wildman–Crippen MR) is 105 cm³/mol. The molecule has 4 heterocycles. The number of alkyl halides is 4. The third kappa shape index (κ3) is 4.37. The van der Waals surface area contributed by atoms with Crippen LogP contribution in [0.15, 0.2) is 36.8 Å². The van der Waals surface area contributed by atoms with Crippen LogP contribution in [0.25, 0.3) is 11.0 Å². The maximum absolute atomic E-state index is 14.9. The first-order valence-electron chi connectivity index (χ1n) is 9.47. The van der Waals surface area contributed by atoms with E-state index in [1.54, 1.807) is 12.4 Å². The lowest BCUT2D eigenvalue weighted by atomic mass is 10.0. The van der Waals surface area contributed by atoms with E-state index >= 15 is 0 Å². The SMILES string of the molecule is CN(C(=O)Nc1cc(C(F)(F)F)ccn1)[C@@H]1CCN(c2cnc3[nH]ncc3c2)C[C@@H]1F. The summed E-state index contributed by atoms with van der Waals surface area (Å²) in [6, 6.07) is 1.94. The number of fused-ring (bicyclic) bond motifs is 1. The molecule has 0 aliphatic carbocycles. The van der Waals surface area contributed by atoms with Crippen LogP contribution in [0, 0.1) is 0 Å². The molecule has 0 aromatic carbocycles. The Kier molecular flexibility index (Phi) is 5.38. The number of piperidine rings is 1. The standard InChI is InChI=1S/C19H19F4N7O/c1-29(18(31)27-16-7-12(2-4-24-16)19(21,22)23)15-3-5-30(10-14(15)20)13-6-11-8-26-28-17(11)25-9-13/h2,4,6-9,14-15H,3,5,10H2,1H3,(H,24,27,31)(H,25,26,28)/t14-,15+/m0/s1. The number of anilines is 2. The Morgan fingerprint density at radius 1 is 1.29 bits per heavy atom. The van der Waals surface area contributed by atoms with Gasteiger partial charge in [0.05, 0.1) is 36.2 Å². The van der Waals surface area contributed by atoms with Crippen LogP contribution >= 0.6 is 0 Å². The van der Waals surface area contributed by atoms with Gasteiger partial charge in [0.2, 0.25) is 0 Å². The Morgan fingerprint density at radius 3 is 2.84 bits per heavy atom. The Balaban J connectivity index is 1.40. The monoisotopic (exact) mass is 437 g/mol. The average molecular weight is 437 g/mol. The van der Waals surface area contributed by atoms with Gasteiger partial charge < -0.3 is 9.80 Å². The van der Waals surface area contributed by atoms with Gasteiger partial charge in [0.1, 0.15) is 12.0 Å². The zero-order valence-electron chi connectivity index (χ0n) is 16.4. The van der Waals surface area contributed by atoms with Gasteiger partial charge in [0, 0.05) is 25.2 Å². The third-order valence-corrected chi connectivity index (χ3v) is 5.29. The Bertz CT molecular complexity index is 1090. The first-order valence-corrected chi connectivity index (χ1v) is 9.47. The fourth-order valence-electron chi connectivity index (χ4n) is 3.58. The van der Waals surface area contributed by atoms with Crippen LogP contribution in [0.4, 0.5) is 33.9 Å². The van der Waals surface area contributed by atoms with Crippen molar-refractivity contribution < 1.29 is 22.4 Å². The normalized spacial score (nSPS) is 19.5. The summed E-state index contributed by atoms with van der Waals surface area (Å²) in [5.41, 5.74) is 0.450. The summed E-state index contributed by atoms with van der Waals surface area (Å²) in [6.07, 6.45) is -1.36. The van der Waals surface area contributed by atoms with Crippen LogP contribution < -0.4 is 10.2 Å². The van der Waals surface area contributed by atoms with E-state index in [1.807, 2.05) is 11.0 Å². The molecular weight excluding hydrogens is 418 g/mol. The average Bonchev–Trinajstić information content (AvgIpc) is 3.20. The molecule has 0 radical (unpaired) electrons. The number of nitrogens with one attached hydrogen (secondary N) is 2. The van der Waals surface area contributed by atoms with Crippen molar-refractivity contribution in [2.45, 2.75) is 24.8 Å². The van der Waals surface area contributed by atoms with Crippen molar-refractivity contribution in [2.75, 3.05) is 30.4 Å². The molecule has 0 saturated carbocycles. The predicted octanol–water partition coefficient (Wildman–Crippen LogP) is 3.45. The molecule has 12 heteroatoms. The lowest BCUT2D eigenvalue weighted by Crippen LogP contribution is -2.54. The molecule has 1 aliphatic heterocycles. The van der Waals surface area contributed by atoms with Crippen LogP contribution in [0.2, 0.25) is 0 Å². The van der Waals surface area contributed by atoms with Crippen molar-refractivity contribution in [3.05, 3.63) is 42.4 Å². The summed E-state index contributed by atoms with van der Waals surface area (Å²) in [7, 11) is 1.41. The van der Waals surface area contributed by atoms with Gasteiger partial charge in [-0.05, 0) is 24.6 Å². The Labute approximate surface area is 174 Å². The number of hydrogen-bond donors (Lipinski definition) is 2. The zero-order valence-corrected chi connectivity index (χ0v) is 16.4. The highest BCUT2D eigenvalue weighted by Gasteiger charge is 2.35. The van der Waals surface area contributed by atoms with Crippen LogP contribution in [-0.2, 0) is 6.18 Å². The lowest BCUT2D eigenvalue weighted by Gasteiger charge is -2.39. The fourth-order valence-corrected chi connectivity index (χ4v) is 3.58. The van der Waals surface area contributed by atoms with E-state index in [-0.39, 0.29) is 12.4 Å². The number of amides is 2. The van der Waals surface area contributed by atoms with Gasteiger partial charge in [-0.1, -0.05) is 0 Å². The van der Waals surface area contributed by atoms with Crippen molar-refractivity contribution in [3.63, 3.8) is 0 Å². The summed E-state index contributed by atoms with van der Waals surface area (Å²) in [4.78, 5) is 23.5. The van der Waals surface area contributed by atoms with E-state index in [0.717, 1.165) is 29.4 Å². The molecule has 1 saturated heterocycles. The summed E-state index contributed by atoms with van der Waals surface area (Å²) < 4.78 is 53.4. The van der Waals surface area contributed by atoms with Crippen molar-refractivity contribution in [2.24, 2.45) is 0 Å². The van der Waals surface area contributed by atoms with Gasteiger partial charge in [-0.25, -0.2) is 19.2 Å². The largest absolute Gasteiger partial charge is 0.416 e. The van der Waals surface area contributed by atoms with Crippen molar-refractivity contribution >= 4 is 28.6 Å². The van der Waals surface area contributed by atoms with Crippen molar-refractivity contribution in [1.29, 1.82) is 0 Å². The number of urea groups is 1. The zero-order chi connectivity index (χ0) is 22.2. The smallest absolute Gasteiger partial charge is 0.367 e. The third-order valence-electron chi connectivity index (χ3n) is 5.29. The van der Waals surface area contributed by atoms with E-state index in [9.17, 15) is 22.4 Å². The minimum atomic E-state index is -4.56. The number of halogens is 4. The second-order valence-corrected chi connectivity index (χ2v) is 7.29. The molecule has 31 heavy (non-hydrogen) atoms.